The summed E-state index contributed by atoms with van der Waals surface area (Å²) in [7, 11) is 4.20. The predicted molar refractivity (Wildman–Crippen MR) is 66.1 cm³/mol. The van der Waals surface area contributed by atoms with E-state index in [4.69, 9.17) is 5.73 Å². The normalized spacial score (nSPS) is 20.6. The van der Waals surface area contributed by atoms with E-state index in [1.807, 2.05) is 18.7 Å². The van der Waals surface area contributed by atoms with Gasteiger partial charge in [-0.1, -0.05) is 13.8 Å². The van der Waals surface area contributed by atoms with Crippen molar-refractivity contribution in [2.75, 3.05) is 27.2 Å². The fourth-order valence-electron chi connectivity index (χ4n) is 2.10. The zero-order valence-electron chi connectivity index (χ0n) is 10.9. The number of piperidine rings is 1. The summed E-state index contributed by atoms with van der Waals surface area (Å²) >= 11 is 0. The highest BCUT2D eigenvalue weighted by Gasteiger charge is 2.28. The van der Waals surface area contributed by atoms with Crippen molar-refractivity contribution >= 4 is 5.91 Å². The molecule has 0 aromatic carbocycles. The fraction of sp³-hybridized carbons (Fsp3) is 0.917. The Hall–Kier alpha value is -0.610. The van der Waals surface area contributed by atoms with Crippen LogP contribution in [0.1, 0.15) is 26.7 Å². The molecule has 1 heterocycles. The average molecular weight is 227 g/mol. The maximum absolute atomic E-state index is 12.0. The molecule has 1 rings (SSSR count). The van der Waals surface area contributed by atoms with Gasteiger partial charge < -0.3 is 15.5 Å². The Morgan fingerprint density at radius 3 is 2.19 bits per heavy atom. The van der Waals surface area contributed by atoms with Gasteiger partial charge in [-0.3, -0.25) is 4.79 Å². The lowest BCUT2D eigenvalue weighted by Crippen LogP contribution is -2.51. The number of rotatable bonds is 3. The lowest BCUT2D eigenvalue weighted by Gasteiger charge is -2.36. The molecule has 1 amide bonds. The second-order valence-corrected chi connectivity index (χ2v) is 5.29. The van der Waals surface area contributed by atoms with Crippen molar-refractivity contribution in [3.63, 3.8) is 0 Å². The molecule has 1 atom stereocenters. The molecule has 16 heavy (non-hydrogen) atoms. The van der Waals surface area contributed by atoms with Gasteiger partial charge >= 0.3 is 0 Å². The smallest absolute Gasteiger partial charge is 0.239 e. The third kappa shape index (κ3) is 3.19. The molecule has 2 N–H and O–H groups in total. The summed E-state index contributed by atoms with van der Waals surface area (Å²) in [4.78, 5) is 16.2. The van der Waals surface area contributed by atoms with Gasteiger partial charge in [0.15, 0.2) is 0 Å². The van der Waals surface area contributed by atoms with Crippen LogP contribution in [-0.4, -0.2) is 55.0 Å². The molecule has 1 aliphatic rings. The Kier molecular flexibility index (Phi) is 4.74. The number of carbonyl (C=O) groups excluding carboxylic acids is 1. The summed E-state index contributed by atoms with van der Waals surface area (Å²) in [5.41, 5.74) is 5.88. The molecule has 0 aromatic heterocycles. The molecule has 1 aliphatic heterocycles. The van der Waals surface area contributed by atoms with E-state index < -0.39 is 0 Å². The van der Waals surface area contributed by atoms with Crippen LogP contribution >= 0.6 is 0 Å². The van der Waals surface area contributed by atoms with Crippen molar-refractivity contribution < 1.29 is 4.79 Å². The summed E-state index contributed by atoms with van der Waals surface area (Å²) in [5, 5.41) is 0. The number of carbonyl (C=O) groups is 1. The third-order valence-electron chi connectivity index (χ3n) is 3.51. The van der Waals surface area contributed by atoms with Gasteiger partial charge in [-0.2, -0.15) is 0 Å². The van der Waals surface area contributed by atoms with Crippen LogP contribution in [0.5, 0.6) is 0 Å². The molecule has 4 nitrogen and oxygen atoms in total. The summed E-state index contributed by atoms with van der Waals surface area (Å²) < 4.78 is 0. The summed E-state index contributed by atoms with van der Waals surface area (Å²) in [6, 6.07) is 0.273. The maximum Gasteiger partial charge on any atom is 0.239 e. The Morgan fingerprint density at radius 1 is 1.31 bits per heavy atom. The van der Waals surface area contributed by atoms with Crippen LogP contribution in [0, 0.1) is 5.92 Å². The molecule has 1 fully saturated rings. The Balaban J connectivity index is 2.45. The largest absolute Gasteiger partial charge is 0.341 e. The Labute approximate surface area is 98.8 Å². The molecule has 0 bridgehead atoms. The van der Waals surface area contributed by atoms with E-state index in [0.29, 0.717) is 6.04 Å². The number of amides is 1. The van der Waals surface area contributed by atoms with Gasteiger partial charge in [0.05, 0.1) is 6.04 Å². The van der Waals surface area contributed by atoms with Crippen molar-refractivity contribution in [1.82, 2.24) is 9.80 Å². The summed E-state index contributed by atoms with van der Waals surface area (Å²) in [5.74, 6) is 0.339. The highest BCUT2D eigenvalue weighted by Crippen LogP contribution is 2.15. The first-order chi connectivity index (χ1) is 7.43. The second kappa shape index (κ2) is 5.64. The minimum Gasteiger partial charge on any atom is -0.341 e. The minimum absolute atomic E-state index is 0.118. The molecule has 1 saturated heterocycles. The topological polar surface area (TPSA) is 49.6 Å². The van der Waals surface area contributed by atoms with Gasteiger partial charge in [-0.15, -0.1) is 0 Å². The number of hydrogen-bond donors (Lipinski definition) is 1. The van der Waals surface area contributed by atoms with Gasteiger partial charge in [-0.25, -0.2) is 0 Å². The highest BCUT2D eigenvalue weighted by atomic mass is 16.2. The lowest BCUT2D eigenvalue weighted by atomic mass is 10.00. The van der Waals surface area contributed by atoms with Gasteiger partial charge in [0.25, 0.3) is 0 Å². The van der Waals surface area contributed by atoms with Gasteiger partial charge in [0.2, 0.25) is 5.91 Å². The quantitative estimate of drug-likeness (QED) is 0.765. The maximum atomic E-state index is 12.0. The van der Waals surface area contributed by atoms with E-state index in [9.17, 15) is 4.79 Å². The van der Waals surface area contributed by atoms with Crippen molar-refractivity contribution in [2.24, 2.45) is 11.7 Å². The fourth-order valence-corrected chi connectivity index (χ4v) is 2.10. The Bertz CT molecular complexity index is 232. The van der Waals surface area contributed by atoms with Crippen molar-refractivity contribution in [2.45, 2.75) is 38.8 Å². The predicted octanol–water partition coefficient (Wildman–Crippen LogP) is 0.522. The monoisotopic (exact) mass is 227 g/mol. The minimum atomic E-state index is -0.337. The van der Waals surface area contributed by atoms with Crippen LogP contribution in [0.2, 0.25) is 0 Å². The van der Waals surface area contributed by atoms with Crippen molar-refractivity contribution in [1.29, 1.82) is 0 Å². The van der Waals surface area contributed by atoms with Gasteiger partial charge in [0.1, 0.15) is 0 Å². The standard InChI is InChI=1S/C12H25N3O/c1-9(2)11(13)12(16)15-7-5-10(6-8-15)14(3)4/h9-11H,5-8,13H2,1-4H3. The number of nitrogens with zero attached hydrogens (tertiary/aromatic N) is 2. The van der Waals surface area contributed by atoms with Crippen LogP contribution in [0.4, 0.5) is 0 Å². The molecule has 0 aromatic rings. The van der Waals surface area contributed by atoms with Crippen molar-refractivity contribution in [3.8, 4) is 0 Å². The van der Waals surface area contributed by atoms with E-state index in [2.05, 4.69) is 19.0 Å². The first-order valence-electron chi connectivity index (χ1n) is 6.14. The van der Waals surface area contributed by atoms with Gasteiger partial charge in [-0.05, 0) is 32.9 Å². The van der Waals surface area contributed by atoms with E-state index in [0.717, 1.165) is 25.9 Å². The second-order valence-electron chi connectivity index (χ2n) is 5.29. The van der Waals surface area contributed by atoms with Crippen LogP contribution in [-0.2, 0) is 4.79 Å². The lowest BCUT2D eigenvalue weighted by molar-refractivity contribution is -0.135. The molecule has 0 spiro atoms. The zero-order valence-corrected chi connectivity index (χ0v) is 10.9. The average Bonchev–Trinajstić information content (AvgIpc) is 2.27. The van der Waals surface area contributed by atoms with E-state index >= 15 is 0 Å². The molecule has 94 valence electrons. The third-order valence-corrected chi connectivity index (χ3v) is 3.51. The molecule has 0 saturated carbocycles. The number of hydrogen-bond acceptors (Lipinski definition) is 3. The van der Waals surface area contributed by atoms with Crippen LogP contribution < -0.4 is 5.73 Å². The molecular formula is C12H25N3O. The highest BCUT2D eigenvalue weighted by molar-refractivity contribution is 5.82. The first-order valence-corrected chi connectivity index (χ1v) is 6.14. The number of nitrogens with two attached hydrogens (primary N) is 1. The van der Waals surface area contributed by atoms with Gasteiger partial charge in [0, 0.05) is 19.1 Å². The van der Waals surface area contributed by atoms with Crippen molar-refractivity contribution in [3.05, 3.63) is 0 Å². The summed E-state index contributed by atoms with van der Waals surface area (Å²) in [6.45, 7) is 5.69. The van der Waals surface area contributed by atoms with Crippen LogP contribution in [0.25, 0.3) is 0 Å². The molecule has 1 unspecified atom stereocenters. The van der Waals surface area contributed by atoms with Crippen LogP contribution in [0.3, 0.4) is 0 Å². The molecular weight excluding hydrogens is 202 g/mol. The number of likely N-dealkylation sites (tertiary alicyclic amines) is 1. The Morgan fingerprint density at radius 2 is 1.81 bits per heavy atom. The van der Waals surface area contributed by atoms with Crippen LogP contribution in [0.15, 0.2) is 0 Å². The van der Waals surface area contributed by atoms with E-state index in [-0.39, 0.29) is 17.9 Å². The van der Waals surface area contributed by atoms with E-state index in [1.54, 1.807) is 0 Å². The molecule has 0 radical (unpaired) electrons. The molecule has 4 heteroatoms. The first kappa shape index (κ1) is 13.5. The summed E-state index contributed by atoms with van der Waals surface area (Å²) in [6.07, 6.45) is 2.12. The molecule has 0 aliphatic carbocycles. The van der Waals surface area contributed by atoms with E-state index in [1.165, 1.54) is 0 Å². The zero-order chi connectivity index (χ0) is 12.3. The SMILES string of the molecule is CC(C)C(N)C(=O)N1CCC(N(C)C)CC1.